The molecule has 2 aromatic rings. The highest BCUT2D eigenvalue weighted by atomic mass is 16.6. The molecule has 4 rings (SSSR count). The van der Waals surface area contributed by atoms with Gasteiger partial charge in [0.25, 0.3) is 0 Å². The summed E-state index contributed by atoms with van der Waals surface area (Å²) in [5.41, 5.74) is 0.838. The third kappa shape index (κ3) is 2.81. The fraction of sp³-hybridized carbons (Fsp3) is 0.357. The second-order valence-electron chi connectivity index (χ2n) is 5.07. The second kappa shape index (κ2) is 5.08. The van der Waals surface area contributed by atoms with Gasteiger partial charge < -0.3 is 20.1 Å². The number of anilines is 3. The van der Waals surface area contributed by atoms with Gasteiger partial charge in [0.1, 0.15) is 13.2 Å². The molecule has 1 aliphatic carbocycles. The lowest BCUT2D eigenvalue weighted by Crippen LogP contribution is -2.15. The number of fused-ring (bicyclic) bond motifs is 1. The third-order valence-electron chi connectivity index (χ3n) is 3.29. The summed E-state index contributed by atoms with van der Waals surface area (Å²) in [6.07, 6.45) is 4.01. The van der Waals surface area contributed by atoms with Gasteiger partial charge in [0.05, 0.1) is 6.20 Å². The van der Waals surface area contributed by atoms with Crippen LogP contribution in [0.15, 0.2) is 24.4 Å². The number of nitrogens with zero attached hydrogens (tertiary/aromatic N) is 3. The van der Waals surface area contributed by atoms with Gasteiger partial charge in [-0.2, -0.15) is 10.1 Å². The summed E-state index contributed by atoms with van der Waals surface area (Å²) in [6.45, 7) is 1.15. The first-order chi connectivity index (χ1) is 10.4. The lowest BCUT2D eigenvalue weighted by Gasteiger charge is -2.18. The van der Waals surface area contributed by atoms with Crippen LogP contribution in [0, 0.1) is 0 Å². The van der Waals surface area contributed by atoms with Crippen molar-refractivity contribution in [2.75, 3.05) is 23.8 Å². The van der Waals surface area contributed by atoms with Gasteiger partial charge in [-0.15, -0.1) is 5.10 Å². The van der Waals surface area contributed by atoms with Crippen molar-refractivity contribution in [3.63, 3.8) is 0 Å². The summed E-state index contributed by atoms with van der Waals surface area (Å²) < 4.78 is 11.0. The van der Waals surface area contributed by atoms with Crippen molar-refractivity contribution in [2.45, 2.75) is 18.9 Å². The highest BCUT2D eigenvalue weighted by Gasteiger charge is 2.21. The SMILES string of the molecule is c1cc2c(cc1Nc1nncc(NC3CC3)n1)OCCO2. The van der Waals surface area contributed by atoms with Crippen LogP contribution in [0.5, 0.6) is 11.5 Å². The van der Waals surface area contributed by atoms with Crippen molar-refractivity contribution in [1.82, 2.24) is 15.2 Å². The summed E-state index contributed by atoms with van der Waals surface area (Å²) in [5.74, 6) is 2.69. The van der Waals surface area contributed by atoms with Crippen LogP contribution in [0.3, 0.4) is 0 Å². The minimum Gasteiger partial charge on any atom is -0.486 e. The number of hydrogen-bond acceptors (Lipinski definition) is 7. The van der Waals surface area contributed by atoms with Crippen LogP contribution in [0.2, 0.25) is 0 Å². The zero-order chi connectivity index (χ0) is 14.1. The Morgan fingerprint density at radius 2 is 1.95 bits per heavy atom. The summed E-state index contributed by atoms with van der Waals surface area (Å²) >= 11 is 0. The molecule has 0 saturated heterocycles. The van der Waals surface area contributed by atoms with E-state index in [1.807, 2.05) is 18.2 Å². The molecule has 108 valence electrons. The Balaban J connectivity index is 1.52. The maximum atomic E-state index is 5.55. The predicted octanol–water partition coefficient (Wildman–Crippen LogP) is 1.96. The Labute approximate surface area is 121 Å². The van der Waals surface area contributed by atoms with E-state index >= 15 is 0 Å². The zero-order valence-corrected chi connectivity index (χ0v) is 11.4. The van der Waals surface area contributed by atoms with Crippen LogP contribution < -0.4 is 20.1 Å². The second-order valence-corrected chi connectivity index (χ2v) is 5.07. The van der Waals surface area contributed by atoms with E-state index in [1.165, 1.54) is 12.8 Å². The van der Waals surface area contributed by atoms with Gasteiger partial charge in [-0.05, 0) is 25.0 Å². The van der Waals surface area contributed by atoms with Crippen molar-refractivity contribution in [2.24, 2.45) is 0 Å². The van der Waals surface area contributed by atoms with E-state index in [1.54, 1.807) is 6.20 Å². The molecule has 1 aromatic carbocycles. The molecule has 0 radical (unpaired) electrons. The highest BCUT2D eigenvalue weighted by Crippen LogP contribution is 2.33. The smallest absolute Gasteiger partial charge is 0.249 e. The summed E-state index contributed by atoms with van der Waals surface area (Å²) in [7, 11) is 0. The van der Waals surface area contributed by atoms with Crippen molar-refractivity contribution in [3.05, 3.63) is 24.4 Å². The summed E-state index contributed by atoms with van der Waals surface area (Å²) in [4.78, 5) is 4.39. The van der Waals surface area contributed by atoms with E-state index in [0.29, 0.717) is 25.2 Å². The van der Waals surface area contributed by atoms with Crippen LogP contribution >= 0.6 is 0 Å². The van der Waals surface area contributed by atoms with Gasteiger partial charge in [0, 0.05) is 17.8 Å². The Hall–Kier alpha value is -2.57. The summed E-state index contributed by atoms with van der Waals surface area (Å²) in [6, 6.07) is 6.18. The van der Waals surface area contributed by atoms with Crippen LogP contribution in [0.4, 0.5) is 17.5 Å². The number of rotatable bonds is 4. The molecule has 0 bridgehead atoms. The van der Waals surface area contributed by atoms with Gasteiger partial charge in [0.2, 0.25) is 5.95 Å². The monoisotopic (exact) mass is 285 g/mol. The van der Waals surface area contributed by atoms with Crippen molar-refractivity contribution >= 4 is 17.5 Å². The largest absolute Gasteiger partial charge is 0.486 e. The van der Waals surface area contributed by atoms with E-state index in [0.717, 1.165) is 23.0 Å². The molecule has 7 nitrogen and oxygen atoms in total. The van der Waals surface area contributed by atoms with E-state index < -0.39 is 0 Å². The molecule has 0 amide bonds. The van der Waals surface area contributed by atoms with E-state index in [4.69, 9.17) is 9.47 Å². The minimum atomic E-state index is 0.456. The minimum absolute atomic E-state index is 0.456. The van der Waals surface area contributed by atoms with E-state index in [-0.39, 0.29) is 0 Å². The lowest BCUT2D eigenvalue weighted by atomic mass is 10.2. The molecule has 0 spiro atoms. The van der Waals surface area contributed by atoms with Gasteiger partial charge in [-0.3, -0.25) is 0 Å². The zero-order valence-electron chi connectivity index (χ0n) is 11.4. The Kier molecular flexibility index (Phi) is 2.95. The first-order valence-corrected chi connectivity index (χ1v) is 7.00. The Morgan fingerprint density at radius 1 is 1.10 bits per heavy atom. The third-order valence-corrected chi connectivity index (χ3v) is 3.29. The lowest BCUT2D eigenvalue weighted by molar-refractivity contribution is 0.171. The number of aromatic nitrogens is 3. The maximum absolute atomic E-state index is 5.55. The first kappa shape index (κ1) is 12.2. The molecular formula is C14H15N5O2. The molecule has 2 aliphatic rings. The van der Waals surface area contributed by atoms with E-state index in [2.05, 4.69) is 25.8 Å². The Bertz CT molecular complexity index is 660. The maximum Gasteiger partial charge on any atom is 0.249 e. The Morgan fingerprint density at radius 3 is 2.81 bits per heavy atom. The van der Waals surface area contributed by atoms with Crippen molar-refractivity contribution in [1.29, 1.82) is 0 Å². The van der Waals surface area contributed by atoms with Crippen LogP contribution in [-0.2, 0) is 0 Å². The number of benzene rings is 1. The average molecular weight is 285 g/mol. The summed E-state index contributed by atoms with van der Waals surface area (Å²) in [5, 5.41) is 14.4. The molecule has 1 aliphatic heterocycles. The molecule has 2 N–H and O–H groups in total. The van der Waals surface area contributed by atoms with Gasteiger partial charge in [-0.1, -0.05) is 0 Å². The molecule has 1 aromatic heterocycles. The number of ether oxygens (including phenoxy) is 2. The molecule has 2 heterocycles. The molecule has 7 heteroatoms. The average Bonchev–Trinajstić information content (AvgIpc) is 3.31. The number of hydrogen-bond donors (Lipinski definition) is 2. The fourth-order valence-corrected chi connectivity index (χ4v) is 2.11. The number of nitrogens with one attached hydrogen (secondary N) is 2. The molecule has 1 saturated carbocycles. The standard InChI is InChI=1S/C14H15N5O2/c1-2-9(1)16-13-8-15-19-14(18-13)17-10-3-4-11-12(7-10)21-6-5-20-11/h3-4,7-9H,1-2,5-6H2,(H2,16,17,18,19). The van der Waals surface area contributed by atoms with Crippen LogP contribution in [0.25, 0.3) is 0 Å². The van der Waals surface area contributed by atoms with Gasteiger partial charge >= 0.3 is 0 Å². The first-order valence-electron chi connectivity index (χ1n) is 7.00. The molecule has 0 unspecified atom stereocenters. The molecule has 0 atom stereocenters. The van der Waals surface area contributed by atoms with Gasteiger partial charge in [0.15, 0.2) is 17.3 Å². The van der Waals surface area contributed by atoms with Crippen LogP contribution in [0.1, 0.15) is 12.8 Å². The van der Waals surface area contributed by atoms with E-state index in [9.17, 15) is 0 Å². The predicted molar refractivity (Wildman–Crippen MR) is 77.2 cm³/mol. The van der Waals surface area contributed by atoms with Crippen molar-refractivity contribution in [3.8, 4) is 11.5 Å². The highest BCUT2D eigenvalue weighted by molar-refractivity contribution is 5.60. The quantitative estimate of drug-likeness (QED) is 0.888. The molecule has 1 fully saturated rings. The topological polar surface area (TPSA) is 81.2 Å². The van der Waals surface area contributed by atoms with Gasteiger partial charge in [-0.25, -0.2) is 0 Å². The normalized spacial score (nSPS) is 16.4. The molecule has 21 heavy (non-hydrogen) atoms. The van der Waals surface area contributed by atoms with Crippen molar-refractivity contribution < 1.29 is 9.47 Å². The fourth-order valence-electron chi connectivity index (χ4n) is 2.11. The molecular weight excluding hydrogens is 270 g/mol. The van der Waals surface area contributed by atoms with Crippen LogP contribution in [-0.4, -0.2) is 34.4 Å².